The number of amides is 1. The van der Waals surface area contributed by atoms with Crippen molar-refractivity contribution in [3.8, 4) is 0 Å². The van der Waals surface area contributed by atoms with E-state index in [1.165, 1.54) is 0 Å². The lowest BCUT2D eigenvalue weighted by molar-refractivity contribution is -0.136. The molecular weight excluding hydrogens is 226 g/mol. The Morgan fingerprint density at radius 3 is 2.39 bits per heavy atom. The van der Waals surface area contributed by atoms with Gasteiger partial charge < -0.3 is 9.64 Å². The fourth-order valence-electron chi connectivity index (χ4n) is 2.50. The Morgan fingerprint density at radius 1 is 1.44 bits per heavy atom. The molecule has 0 aromatic heterocycles. The molecule has 18 heavy (non-hydrogen) atoms. The van der Waals surface area contributed by atoms with E-state index in [1.807, 2.05) is 32.6 Å². The average Bonchev–Trinajstić information content (AvgIpc) is 2.37. The first-order valence-corrected chi connectivity index (χ1v) is 6.97. The molecule has 3 nitrogen and oxygen atoms in total. The summed E-state index contributed by atoms with van der Waals surface area (Å²) in [5.41, 5.74) is 0.0566. The van der Waals surface area contributed by atoms with Gasteiger partial charge in [-0.05, 0) is 39.0 Å². The number of hydrogen-bond donors (Lipinski definition) is 0. The van der Waals surface area contributed by atoms with Gasteiger partial charge in [0.15, 0.2) is 0 Å². The van der Waals surface area contributed by atoms with Crippen LogP contribution >= 0.6 is 0 Å². The maximum atomic E-state index is 12.2. The van der Waals surface area contributed by atoms with E-state index in [2.05, 4.69) is 20.8 Å². The summed E-state index contributed by atoms with van der Waals surface area (Å²) in [6.45, 7) is 16.5. The highest BCUT2D eigenvalue weighted by molar-refractivity contribution is 5.77. The summed E-state index contributed by atoms with van der Waals surface area (Å²) in [6.07, 6.45) is 0.469. The van der Waals surface area contributed by atoms with Crippen LogP contribution < -0.4 is 0 Å². The predicted molar refractivity (Wildman–Crippen MR) is 74.4 cm³/mol. The summed E-state index contributed by atoms with van der Waals surface area (Å²) < 4.78 is 5.80. The van der Waals surface area contributed by atoms with Crippen LogP contribution in [0.3, 0.4) is 0 Å². The fraction of sp³-hybridized carbons (Fsp3) is 0.933. The van der Waals surface area contributed by atoms with Crippen LogP contribution in [0.5, 0.6) is 0 Å². The molecule has 0 aromatic rings. The molecule has 1 fully saturated rings. The van der Waals surface area contributed by atoms with Gasteiger partial charge >= 0.3 is 0 Å². The van der Waals surface area contributed by atoms with Crippen molar-refractivity contribution in [2.45, 2.75) is 66.6 Å². The van der Waals surface area contributed by atoms with Crippen LogP contribution in [-0.2, 0) is 9.53 Å². The van der Waals surface area contributed by atoms with Gasteiger partial charge in [0, 0.05) is 13.1 Å². The Kier molecular flexibility index (Phi) is 4.47. The Labute approximate surface area is 112 Å². The van der Waals surface area contributed by atoms with Crippen molar-refractivity contribution in [1.29, 1.82) is 0 Å². The molecule has 3 heteroatoms. The number of rotatable bonds is 3. The number of carbonyl (C=O) groups excluding carboxylic acids is 1. The first-order chi connectivity index (χ1) is 8.01. The molecule has 1 rings (SSSR count). The Morgan fingerprint density at radius 2 is 2.00 bits per heavy atom. The summed E-state index contributed by atoms with van der Waals surface area (Å²) in [5, 5.41) is 0. The highest BCUT2D eigenvalue weighted by Gasteiger charge is 2.38. The van der Waals surface area contributed by atoms with E-state index in [9.17, 15) is 4.79 Å². The van der Waals surface area contributed by atoms with E-state index >= 15 is 0 Å². The quantitative estimate of drug-likeness (QED) is 0.775. The lowest BCUT2D eigenvalue weighted by Crippen LogP contribution is -2.35. The summed E-state index contributed by atoms with van der Waals surface area (Å²) in [7, 11) is 0. The van der Waals surface area contributed by atoms with Crippen LogP contribution in [0.4, 0.5) is 0 Å². The van der Waals surface area contributed by atoms with Gasteiger partial charge in [-0.25, -0.2) is 0 Å². The second-order valence-corrected chi connectivity index (χ2v) is 7.41. The van der Waals surface area contributed by atoms with Crippen molar-refractivity contribution in [3.05, 3.63) is 0 Å². The monoisotopic (exact) mass is 255 g/mol. The van der Waals surface area contributed by atoms with Gasteiger partial charge in [-0.2, -0.15) is 0 Å². The second-order valence-electron chi connectivity index (χ2n) is 7.41. The first-order valence-electron chi connectivity index (χ1n) is 6.97. The van der Waals surface area contributed by atoms with Crippen LogP contribution in [0.25, 0.3) is 0 Å². The fourth-order valence-corrected chi connectivity index (χ4v) is 2.50. The van der Waals surface area contributed by atoms with Crippen molar-refractivity contribution in [2.75, 3.05) is 13.1 Å². The first kappa shape index (κ1) is 15.5. The number of hydrogen-bond acceptors (Lipinski definition) is 2. The van der Waals surface area contributed by atoms with Crippen molar-refractivity contribution in [2.24, 2.45) is 11.3 Å². The molecule has 0 saturated carbocycles. The number of nitrogens with zero attached hydrogens (tertiary/aromatic N) is 1. The van der Waals surface area contributed by atoms with Gasteiger partial charge in [-0.1, -0.05) is 20.8 Å². The predicted octanol–water partition coefficient (Wildman–Crippen LogP) is 3.08. The van der Waals surface area contributed by atoms with Crippen LogP contribution in [0, 0.1) is 11.3 Å². The van der Waals surface area contributed by atoms with Crippen LogP contribution in [0.1, 0.15) is 54.9 Å². The largest absolute Gasteiger partial charge is 0.372 e. The molecule has 106 valence electrons. The minimum Gasteiger partial charge on any atom is -0.372 e. The highest BCUT2D eigenvalue weighted by Crippen LogP contribution is 2.35. The second kappa shape index (κ2) is 5.20. The van der Waals surface area contributed by atoms with Crippen molar-refractivity contribution < 1.29 is 9.53 Å². The van der Waals surface area contributed by atoms with Crippen molar-refractivity contribution in [1.82, 2.24) is 4.90 Å². The van der Waals surface area contributed by atoms with E-state index in [0.717, 1.165) is 13.1 Å². The zero-order valence-electron chi connectivity index (χ0n) is 13.0. The Balaban J connectivity index is 2.48. The standard InChI is InChI=1S/C15H29NO2/c1-11-9-16(10-15(11,6)7)13(17)8-12(2)18-14(3,4)5/h11-12H,8-10H2,1-7H3/t11-,12+/m0/s1. The topological polar surface area (TPSA) is 29.5 Å². The van der Waals surface area contributed by atoms with Crippen LogP contribution in [0.2, 0.25) is 0 Å². The number of carbonyl (C=O) groups is 1. The third-order valence-electron chi connectivity index (χ3n) is 3.80. The van der Waals surface area contributed by atoms with Gasteiger partial charge in [0.25, 0.3) is 0 Å². The van der Waals surface area contributed by atoms with Gasteiger partial charge in [0.1, 0.15) is 0 Å². The Hall–Kier alpha value is -0.570. The van der Waals surface area contributed by atoms with E-state index in [4.69, 9.17) is 4.74 Å². The van der Waals surface area contributed by atoms with Crippen LogP contribution in [-0.4, -0.2) is 35.6 Å². The molecule has 1 aliphatic rings. The zero-order valence-corrected chi connectivity index (χ0v) is 13.0. The molecule has 2 atom stereocenters. The SMILES string of the molecule is C[C@H](CC(=O)N1C[C@H](C)C(C)(C)C1)OC(C)(C)C. The number of ether oxygens (including phenoxy) is 1. The third kappa shape index (κ3) is 4.27. The van der Waals surface area contributed by atoms with Gasteiger partial charge in [-0.3, -0.25) is 4.79 Å². The van der Waals surface area contributed by atoms with E-state index in [1.54, 1.807) is 0 Å². The summed E-state index contributed by atoms with van der Waals surface area (Å²) in [4.78, 5) is 14.2. The molecule has 1 saturated heterocycles. The molecule has 1 amide bonds. The van der Waals surface area contributed by atoms with Crippen LogP contribution in [0.15, 0.2) is 0 Å². The molecule has 0 N–H and O–H groups in total. The van der Waals surface area contributed by atoms with E-state index in [-0.39, 0.29) is 23.0 Å². The average molecular weight is 255 g/mol. The van der Waals surface area contributed by atoms with Gasteiger partial charge in [-0.15, -0.1) is 0 Å². The highest BCUT2D eigenvalue weighted by atomic mass is 16.5. The minimum absolute atomic E-state index is 0.0171. The molecule has 0 aliphatic carbocycles. The molecule has 0 aromatic carbocycles. The van der Waals surface area contributed by atoms with Crippen molar-refractivity contribution >= 4 is 5.91 Å². The molecule has 0 bridgehead atoms. The maximum Gasteiger partial charge on any atom is 0.225 e. The lowest BCUT2D eigenvalue weighted by Gasteiger charge is -2.26. The minimum atomic E-state index is -0.183. The lowest BCUT2D eigenvalue weighted by atomic mass is 9.84. The molecule has 1 heterocycles. The maximum absolute atomic E-state index is 12.2. The molecular formula is C15H29NO2. The van der Waals surface area contributed by atoms with E-state index in [0.29, 0.717) is 12.3 Å². The van der Waals surface area contributed by atoms with E-state index < -0.39 is 0 Å². The molecule has 0 radical (unpaired) electrons. The van der Waals surface area contributed by atoms with Gasteiger partial charge in [0.05, 0.1) is 18.1 Å². The summed E-state index contributed by atoms with van der Waals surface area (Å²) >= 11 is 0. The molecule has 0 unspecified atom stereocenters. The van der Waals surface area contributed by atoms with Gasteiger partial charge in [0.2, 0.25) is 5.91 Å². The Bertz CT molecular complexity index is 304. The molecule has 1 aliphatic heterocycles. The summed E-state index contributed by atoms with van der Waals surface area (Å²) in [6, 6.07) is 0. The third-order valence-corrected chi connectivity index (χ3v) is 3.80. The summed E-state index contributed by atoms with van der Waals surface area (Å²) in [5.74, 6) is 0.796. The smallest absolute Gasteiger partial charge is 0.225 e. The molecule has 0 spiro atoms. The van der Waals surface area contributed by atoms with Crippen molar-refractivity contribution in [3.63, 3.8) is 0 Å². The number of likely N-dealkylation sites (tertiary alicyclic amines) is 1. The zero-order chi connectivity index (χ0) is 14.1. The normalized spacial score (nSPS) is 25.3.